The molecule has 1 aromatic rings. The molecule has 0 aromatic carbocycles. The molecule has 1 aromatic heterocycles. The molecule has 84 valence electrons. The molecule has 1 rings (SSSR count). The normalized spacial score (nSPS) is 10.9. The second-order valence-electron chi connectivity index (χ2n) is 3.57. The first-order valence-electron chi connectivity index (χ1n) is 5.00. The van der Waals surface area contributed by atoms with Crippen molar-refractivity contribution in [3.8, 4) is 0 Å². The summed E-state index contributed by atoms with van der Waals surface area (Å²) in [5, 5.41) is 0. The summed E-state index contributed by atoms with van der Waals surface area (Å²) >= 11 is 0. The van der Waals surface area contributed by atoms with Crippen LogP contribution < -0.4 is 5.73 Å². The molecule has 0 bridgehead atoms. The van der Waals surface area contributed by atoms with Crippen LogP contribution in [-0.2, 0) is 11.3 Å². The molecule has 0 radical (unpaired) electrons. The zero-order valence-corrected chi connectivity index (χ0v) is 9.14. The van der Waals surface area contributed by atoms with Gasteiger partial charge in [-0.3, -0.25) is 4.79 Å². The maximum atomic E-state index is 11.5. The first kappa shape index (κ1) is 11.9. The maximum Gasteiger partial charge on any atom is 0.208 e. The molecule has 5 heteroatoms. The molecule has 1 heterocycles. The van der Waals surface area contributed by atoms with Crippen LogP contribution in [0.15, 0.2) is 12.5 Å². The highest BCUT2D eigenvalue weighted by Crippen LogP contribution is 1.99. The van der Waals surface area contributed by atoms with Crippen molar-refractivity contribution in [1.29, 1.82) is 0 Å². The molecule has 15 heavy (non-hydrogen) atoms. The van der Waals surface area contributed by atoms with E-state index in [1.165, 1.54) is 0 Å². The molecular weight excluding hydrogens is 194 g/mol. The van der Waals surface area contributed by atoms with Gasteiger partial charge in [0.05, 0.1) is 12.4 Å². The molecule has 0 atom stereocenters. The van der Waals surface area contributed by atoms with Gasteiger partial charge >= 0.3 is 0 Å². The molecule has 2 N–H and O–H groups in total. The molecule has 0 spiro atoms. The van der Waals surface area contributed by atoms with Crippen molar-refractivity contribution in [3.63, 3.8) is 0 Å². The maximum absolute atomic E-state index is 11.5. The van der Waals surface area contributed by atoms with Crippen LogP contribution in [0.3, 0.4) is 0 Å². The van der Waals surface area contributed by atoms with Gasteiger partial charge in [0.25, 0.3) is 0 Å². The van der Waals surface area contributed by atoms with Crippen molar-refractivity contribution in [2.24, 2.45) is 5.73 Å². The van der Waals surface area contributed by atoms with Crippen molar-refractivity contribution in [2.75, 3.05) is 13.2 Å². The van der Waals surface area contributed by atoms with Gasteiger partial charge in [-0.05, 0) is 13.8 Å². The van der Waals surface area contributed by atoms with E-state index in [0.29, 0.717) is 18.8 Å². The van der Waals surface area contributed by atoms with Gasteiger partial charge in [0.15, 0.2) is 0 Å². The first-order valence-corrected chi connectivity index (χ1v) is 5.00. The van der Waals surface area contributed by atoms with Gasteiger partial charge in [-0.2, -0.15) is 0 Å². The van der Waals surface area contributed by atoms with E-state index in [9.17, 15) is 4.79 Å². The van der Waals surface area contributed by atoms with E-state index in [2.05, 4.69) is 4.98 Å². The van der Waals surface area contributed by atoms with E-state index in [-0.39, 0.29) is 18.5 Å². The number of nitrogens with two attached hydrogens (primary N) is 1. The minimum atomic E-state index is -0.0977. The largest absolute Gasteiger partial charge is 0.371 e. The summed E-state index contributed by atoms with van der Waals surface area (Å²) in [5.74, 6) is -0.0977. The number of hydrogen-bond acceptors (Lipinski definition) is 4. The summed E-state index contributed by atoms with van der Waals surface area (Å²) in [6.07, 6.45) is 3.36. The predicted molar refractivity (Wildman–Crippen MR) is 56.7 cm³/mol. The molecule has 0 amide bonds. The topological polar surface area (TPSA) is 70.1 Å². The molecule has 0 unspecified atom stereocenters. The van der Waals surface area contributed by atoms with Gasteiger partial charge in [0, 0.05) is 19.3 Å². The van der Waals surface area contributed by atoms with Gasteiger partial charge < -0.3 is 15.0 Å². The second kappa shape index (κ2) is 5.63. The van der Waals surface area contributed by atoms with Crippen molar-refractivity contribution in [2.45, 2.75) is 26.5 Å². The second-order valence-corrected chi connectivity index (χ2v) is 3.57. The van der Waals surface area contributed by atoms with Crippen LogP contribution in [0.1, 0.15) is 24.3 Å². The van der Waals surface area contributed by atoms with Crippen molar-refractivity contribution in [1.82, 2.24) is 9.55 Å². The number of nitrogens with zero attached hydrogens (tertiary/aromatic N) is 2. The lowest BCUT2D eigenvalue weighted by atomic mass is 10.3. The third-order valence-electron chi connectivity index (χ3n) is 1.85. The first-order chi connectivity index (χ1) is 7.13. The van der Waals surface area contributed by atoms with E-state index in [1.807, 2.05) is 13.8 Å². The SMILES string of the molecule is CC(C)OCC(=O)c1cn(CCN)cn1. The number of imidazole rings is 1. The zero-order valence-electron chi connectivity index (χ0n) is 9.14. The van der Waals surface area contributed by atoms with Crippen molar-refractivity contribution >= 4 is 5.78 Å². The summed E-state index contributed by atoms with van der Waals surface area (Å²) in [4.78, 5) is 15.5. The number of ether oxygens (including phenoxy) is 1. The third-order valence-corrected chi connectivity index (χ3v) is 1.85. The number of rotatable bonds is 6. The van der Waals surface area contributed by atoms with Crippen LogP contribution in [0.4, 0.5) is 0 Å². The fraction of sp³-hybridized carbons (Fsp3) is 0.600. The minimum Gasteiger partial charge on any atom is -0.371 e. The van der Waals surface area contributed by atoms with Gasteiger partial charge in [-0.15, -0.1) is 0 Å². The van der Waals surface area contributed by atoms with E-state index in [0.717, 1.165) is 0 Å². The standard InChI is InChI=1S/C10H17N3O2/c1-8(2)15-6-10(14)9-5-13(4-3-11)7-12-9/h5,7-8H,3-4,6,11H2,1-2H3. The Bertz CT molecular complexity index is 320. The number of carbonyl (C=O) groups is 1. The molecule has 5 nitrogen and oxygen atoms in total. The molecule has 0 fully saturated rings. The van der Waals surface area contributed by atoms with Gasteiger partial charge in [-0.1, -0.05) is 0 Å². The third kappa shape index (κ3) is 3.81. The molecule has 0 saturated carbocycles. The van der Waals surface area contributed by atoms with Crippen molar-refractivity contribution < 1.29 is 9.53 Å². The quantitative estimate of drug-likeness (QED) is 0.693. The summed E-state index contributed by atoms with van der Waals surface area (Å²) < 4.78 is 7.00. The molecular formula is C10H17N3O2. The Kier molecular flexibility index (Phi) is 4.45. The van der Waals surface area contributed by atoms with E-state index in [4.69, 9.17) is 10.5 Å². The van der Waals surface area contributed by atoms with E-state index >= 15 is 0 Å². The number of Topliss-reactive ketones (excluding diaryl/α,β-unsaturated/α-hetero) is 1. The highest BCUT2D eigenvalue weighted by molar-refractivity contribution is 5.95. The monoisotopic (exact) mass is 211 g/mol. The van der Waals surface area contributed by atoms with Crippen LogP contribution in [0, 0.1) is 0 Å². The van der Waals surface area contributed by atoms with Crippen LogP contribution >= 0.6 is 0 Å². The highest BCUT2D eigenvalue weighted by atomic mass is 16.5. The lowest BCUT2D eigenvalue weighted by Crippen LogP contribution is -2.14. The van der Waals surface area contributed by atoms with Gasteiger partial charge in [-0.25, -0.2) is 4.98 Å². The van der Waals surface area contributed by atoms with Crippen LogP contribution in [0.2, 0.25) is 0 Å². The fourth-order valence-electron chi connectivity index (χ4n) is 1.09. The average molecular weight is 211 g/mol. The summed E-state index contributed by atoms with van der Waals surface area (Å²) in [6, 6.07) is 0. The average Bonchev–Trinajstić information content (AvgIpc) is 2.63. The zero-order chi connectivity index (χ0) is 11.3. The Morgan fingerprint density at radius 1 is 1.67 bits per heavy atom. The van der Waals surface area contributed by atoms with Gasteiger partial charge in [0.2, 0.25) is 5.78 Å². The molecule has 0 aliphatic heterocycles. The van der Waals surface area contributed by atoms with Crippen LogP contribution in [0.5, 0.6) is 0 Å². The summed E-state index contributed by atoms with van der Waals surface area (Å²) in [7, 11) is 0. The Labute approximate surface area is 89.2 Å². The van der Waals surface area contributed by atoms with E-state index in [1.54, 1.807) is 17.1 Å². The Morgan fingerprint density at radius 3 is 3.00 bits per heavy atom. The van der Waals surface area contributed by atoms with Gasteiger partial charge in [0.1, 0.15) is 12.3 Å². The molecule has 0 aliphatic rings. The Balaban J connectivity index is 2.50. The number of carbonyl (C=O) groups excluding carboxylic acids is 1. The fourth-order valence-corrected chi connectivity index (χ4v) is 1.09. The van der Waals surface area contributed by atoms with Crippen molar-refractivity contribution in [3.05, 3.63) is 18.2 Å². The number of aromatic nitrogens is 2. The van der Waals surface area contributed by atoms with Crippen LogP contribution in [-0.4, -0.2) is 34.6 Å². The Morgan fingerprint density at radius 2 is 2.40 bits per heavy atom. The lowest BCUT2D eigenvalue weighted by Gasteiger charge is -2.04. The Hall–Kier alpha value is -1.20. The lowest BCUT2D eigenvalue weighted by molar-refractivity contribution is 0.0581. The van der Waals surface area contributed by atoms with E-state index < -0.39 is 0 Å². The molecule has 0 saturated heterocycles. The molecule has 0 aliphatic carbocycles. The predicted octanol–water partition coefficient (Wildman–Crippen LogP) is 0.449. The smallest absolute Gasteiger partial charge is 0.208 e. The minimum absolute atomic E-state index is 0.0556. The van der Waals surface area contributed by atoms with Crippen LogP contribution in [0.25, 0.3) is 0 Å². The summed E-state index contributed by atoms with van der Waals surface area (Å²) in [6.45, 7) is 5.07. The highest BCUT2D eigenvalue weighted by Gasteiger charge is 2.10. The number of hydrogen-bond donors (Lipinski definition) is 1. The number of ketones is 1. The summed E-state index contributed by atoms with van der Waals surface area (Å²) in [5.41, 5.74) is 5.82.